The van der Waals surface area contributed by atoms with Crippen LogP contribution >= 0.6 is 0 Å². The molecular weight excluding hydrogens is 324 g/mol. The third-order valence-electron chi connectivity index (χ3n) is 3.96. The van der Waals surface area contributed by atoms with Gasteiger partial charge in [0.25, 0.3) is 0 Å². The summed E-state index contributed by atoms with van der Waals surface area (Å²) in [6.07, 6.45) is -7.44. The highest BCUT2D eigenvalue weighted by molar-refractivity contribution is 4.85. The van der Waals surface area contributed by atoms with Gasteiger partial charge in [-0.3, -0.25) is 0 Å². The molecule has 2 fully saturated rings. The van der Waals surface area contributed by atoms with Gasteiger partial charge in [-0.1, -0.05) is 13.8 Å². The maximum Gasteiger partial charge on any atom is 0.160 e. The van der Waals surface area contributed by atoms with Crippen LogP contribution in [0.15, 0.2) is 0 Å². The van der Waals surface area contributed by atoms with Crippen molar-refractivity contribution >= 4 is 0 Å². The molecule has 6 unspecified atom stereocenters. The minimum absolute atomic E-state index is 0.0245. The predicted octanol–water partition coefficient (Wildman–Crippen LogP) is -1.66. The fraction of sp³-hybridized carbons (Fsp3) is 1.00. The molecule has 2 saturated heterocycles. The van der Waals surface area contributed by atoms with Crippen LogP contribution in [-0.4, -0.2) is 95.1 Å². The van der Waals surface area contributed by atoms with Crippen LogP contribution in [0, 0.1) is 0 Å². The monoisotopic (exact) mass is 354 g/mol. The zero-order chi connectivity index (χ0) is 18.3. The summed E-state index contributed by atoms with van der Waals surface area (Å²) < 4.78 is 21.2. The third-order valence-corrected chi connectivity index (χ3v) is 3.96. The highest BCUT2D eigenvalue weighted by Gasteiger charge is 2.40. The van der Waals surface area contributed by atoms with Gasteiger partial charge in [-0.2, -0.15) is 0 Å². The summed E-state index contributed by atoms with van der Waals surface area (Å²) in [4.78, 5) is 0. The molecule has 2 aliphatic heterocycles. The molecular formula is C15H30O9. The Labute approximate surface area is 141 Å². The van der Waals surface area contributed by atoms with Crippen molar-refractivity contribution in [3.63, 3.8) is 0 Å². The minimum atomic E-state index is -1.18. The van der Waals surface area contributed by atoms with Gasteiger partial charge < -0.3 is 44.5 Å². The molecule has 2 rings (SSSR count). The Morgan fingerprint density at radius 1 is 0.875 bits per heavy atom. The van der Waals surface area contributed by atoms with Crippen LogP contribution in [0.1, 0.15) is 26.7 Å². The van der Waals surface area contributed by atoms with Crippen molar-refractivity contribution in [2.24, 2.45) is 0 Å². The number of methoxy groups -OCH3 is 1. The molecule has 2 heterocycles. The van der Waals surface area contributed by atoms with E-state index in [1.54, 1.807) is 0 Å². The second-order valence-corrected chi connectivity index (χ2v) is 5.55. The molecule has 0 amide bonds. The number of aliphatic hydroxyl groups is 5. The maximum absolute atomic E-state index is 9.89. The quantitative estimate of drug-likeness (QED) is 0.393. The van der Waals surface area contributed by atoms with E-state index in [0.29, 0.717) is 0 Å². The molecule has 8 atom stereocenters. The zero-order valence-corrected chi connectivity index (χ0v) is 14.3. The molecule has 9 nitrogen and oxygen atoms in total. The number of hydrogen-bond donors (Lipinski definition) is 5. The Bertz CT molecular complexity index is 343. The second kappa shape index (κ2) is 10.6. The lowest BCUT2D eigenvalue weighted by atomic mass is 10.0. The van der Waals surface area contributed by atoms with Gasteiger partial charge in [-0.05, 0) is 0 Å². The first-order chi connectivity index (χ1) is 11.5. The second-order valence-electron chi connectivity index (χ2n) is 5.55. The highest BCUT2D eigenvalue weighted by Crippen LogP contribution is 2.24. The summed E-state index contributed by atoms with van der Waals surface area (Å²) in [6, 6.07) is 0. The van der Waals surface area contributed by atoms with Gasteiger partial charge in [0, 0.05) is 20.0 Å². The van der Waals surface area contributed by atoms with E-state index in [0.717, 1.165) is 0 Å². The van der Waals surface area contributed by atoms with Gasteiger partial charge in [0.2, 0.25) is 0 Å². The summed E-state index contributed by atoms with van der Waals surface area (Å²) in [5.41, 5.74) is 0. The van der Waals surface area contributed by atoms with E-state index in [4.69, 9.17) is 24.1 Å². The van der Waals surface area contributed by atoms with Crippen LogP contribution in [0.2, 0.25) is 0 Å². The van der Waals surface area contributed by atoms with Crippen molar-refractivity contribution in [3.05, 3.63) is 0 Å². The van der Waals surface area contributed by atoms with Gasteiger partial charge in [0.05, 0.1) is 25.4 Å². The smallest absolute Gasteiger partial charge is 0.160 e. The molecule has 144 valence electrons. The first-order valence-corrected chi connectivity index (χ1v) is 8.24. The van der Waals surface area contributed by atoms with Gasteiger partial charge in [-0.15, -0.1) is 0 Å². The van der Waals surface area contributed by atoms with E-state index in [9.17, 15) is 20.4 Å². The van der Waals surface area contributed by atoms with Crippen LogP contribution < -0.4 is 0 Å². The molecule has 0 spiro atoms. The SMILES string of the molecule is CC.CO[C@@H]1CC(O)[C@H](O)C(COC2CC(O)C(O)C(CO)O2)O1. The lowest BCUT2D eigenvalue weighted by Gasteiger charge is -2.39. The molecule has 0 aromatic heterocycles. The molecule has 0 aliphatic carbocycles. The molecule has 24 heavy (non-hydrogen) atoms. The third kappa shape index (κ3) is 5.58. The maximum atomic E-state index is 9.89. The fourth-order valence-electron chi connectivity index (χ4n) is 2.58. The summed E-state index contributed by atoms with van der Waals surface area (Å²) in [6.45, 7) is 3.45. The Morgan fingerprint density at radius 2 is 1.38 bits per heavy atom. The summed E-state index contributed by atoms with van der Waals surface area (Å²) in [7, 11) is 1.43. The average molecular weight is 354 g/mol. The van der Waals surface area contributed by atoms with E-state index < -0.39 is 55.8 Å². The molecule has 0 aromatic carbocycles. The summed E-state index contributed by atoms with van der Waals surface area (Å²) in [5.74, 6) is 0. The highest BCUT2D eigenvalue weighted by atomic mass is 16.7. The van der Waals surface area contributed by atoms with Crippen molar-refractivity contribution in [2.75, 3.05) is 20.3 Å². The topological polar surface area (TPSA) is 138 Å². The molecule has 0 radical (unpaired) electrons. The molecule has 0 aromatic rings. The molecule has 9 heteroatoms. The van der Waals surface area contributed by atoms with Crippen LogP contribution in [0.5, 0.6) is 0 Å². The number of ether oxygens (including phenoxy) is 4. The average Bonchev–Trinajstić information content (AvgIpc) is 2.60. The standard InChI is InChI=1S/C13H24O9.C2H6/c1-19-10-2-6(15)13(18)9(22-10)5-20-11-3-7(16)12(17)8(4-14)21-11;1-2/h6-18H,2-5H2,1H3;1-2H3/t6?,7?,8?,9?,10-,11?,12?,13-;/m0./s1. The van der Waals surface area contributed by atoms with Crippen LogP contribution in [0.3, 0.4) is 0 Å². The van der Waals surface area contributed by atoms with E-state index >= 15 is 0 Å². The minimum Gasteiger partial charge on any atom is -0.394 e. The van der Waals surface area contributed by atoms with Gasteiger partial charge >= 0.3 is 0 Å². The number of aliphatic hydroxyl groups excluding tert-OH is 5. The molecule has 0 bridgehead atoms. The van der Waals surface area contributed by atoms with Crippen LogP contribution in [-0.2, 0) is 18.9 Å². The largest absolute Gasteiger partial charge is 0.394 e. The Balaban J connectivity index is 0.00000139. The molecule has 5 N–H and O–H groups in total. The van der Waals surface area contributed by atoms with Crippen LogP contribution in [0.4, 0.5) is 0 Å². The molecule has 0 saturated carbocycles. The van der Waals surface area contributed by atoms with Crippen molar-refractivity contribution in [3.8, 4) is 0 Å². The van der Waals surface area contributed by atoms with Crippen molar-refractivity contribution in [1.29, 1.82) is 0 Å². The zero-order valence-electron chi connectivity index (χ0n) is 14.3. The van der Waals surface area contributed by atoms with Crippen molar-refractivity contribution < 1.29 is 44.5 Å². The van der Waals surface area contributed by atoms with Gasteiger partial charge in [0.15, 0.2) is 12.6 Å². The van der Waals surface area contributed by atoms with E-state index in [2.05, 4.69) is 0 Å². The van der Waals surface area contributed by atoms with E-state index in [-0.39, 0.29) is 19.4 Å². The number of rotatable bonds is 5. The van der Waals surface area contributed by atoms with Crippen LogP contribution in [0.25, 0.3) is 0 Å². The Morgan fingerprint density at radius 3 is 1.92 bits per heavy atom. The van der Waals surface area contributed by atoms with Gasteiger partial charge in [-0.25, -0.2) is 0 Å². The predicted molar refractivity (Wildman–Crippen MR) is 82.0 cm³/mol. The summed E-state index contributed by atoms with van der Waals surface area (Å²) in [5, 5.41) is 48.0. The normalized spacial score (nSPS) is 43.0. The molecule has 2 aliphatic rings. The van der Waals surface area contributed by atoms with Crippen molar-refractivity contribution in [2.45, 2.75) is 75.9 Å². The lowest BCUT2D eigenvalue weighted by molar-refractivity contribution is -0.289. The number of hydrogen-bond acceptors (Lipinski definition) is 9. The first-order valence-electron chi connectivity index (χ1n) is 8.24. The van der Waals surface area contributed by atoms with E-state index in [1.807, 2.05) is 13.8 Å². The summed E-state index contributed by atoms with van der Waals surface area (Å²) >= 11 is 0. The lowest BCUT2D eigenvalue weighted by Crippen LogP contribution is -2.53. The fourth-order valence-corrected chi connectivity index (χ4v) is 2.58. The van der Waals surface area contributed by atoms with Crippen molar-refractivity contribution in [1.82, 2.24) is 0 Å². The van der Waals surface area contributed by atoms with E-state index in [1.165, 1.54) is 7.11 Å². The van der Waals surface area contributed by atoms with Gasteiger partial charge in [0.1, 0.15) is 24.4 Å². The first kappa shape index (κ1) is 21.7. The Hall–Kier alpha value is -0.360. The Kier molecular flexibility index (Phi) is 9.57.